The van der Waals surface area contributed by atoms with Crippen LogP contribution in [0.4, 0.5) is 4.79 Å². The summed E-state index contributed by atoms with van der Waals surface area (Å²) in [5.41, 5.74) is 6.44. The van der Waals surface area contributed by atoms with Gasteiger partial charge in [0.15, 0.2) is 11.5 Å². The highest BCUT2D eigenvalue weighted by Crippen LogP contribution is 2.29. The summed E-state index contributed by atoms with van der Waals surface area (Å²) in [5, 5.41) is 0. The van der Waals surface area contributed by atoms with E-state index >= 15 is 0 Å². The highest BCUT2D eigenvalue weighted by molar-refractivity contribution is 5.76. The molecule has 0 fully saturated rings. The molecule has 10 heteroatoms. The van der Waals surface area contributed by atoms with Gasteiger partial charge in [-0.3, -0.25) is 14.4 Å². The van der Waals surface area contributed by atoms with Crippen LogP contribution in [0.25, 0.3) is 0 Å². The molecule has 31 heavy (non-hydrogen) atoms. The number of carbonyl (C=O) groups excluding carboxylic acids is 4. The Hall–Kier alpha value is -3.14. The molecule has 1 aromatic rings. The van der Waals surface area contributed by atoms with Crippen LogP contribution >= 0.6 is 0 Å². The molecule has 0 aliphatic carbocycles. The van der Waals surface area contributed by atoms with E-state index in [-0.39, 0.29) is 30.6 Å². The molecule has 0 aliphatic rings. The zero-order valence-corrected chi connectivity index (χ0v) is 18.3. The van der Waals surface area contributed by atoms with E-state index in [0.717, 1.165) is 0 Å². The minimum atomic E-state index is -1.02. The summed E-state index contributed by atoms with van der Waals surface area (Å²) in [6.45, 7) is 7.38. The van der Waals surface area contributed by atoms with E-state index in [1.54, 1.807) is 19.9 Å². The van der Waals surface area contributed by atoms with Crippen molar-refractivity contribution in [1.29, 1.82) is 0 Å². The molecule has 0 saturated heterocycles. The van der Waals surface area contributed by atoms with Crippen molar-refractivity contribution in [2.24, 2.45) is 5.73 Å². The van der Waals surface area contributed by atoms with Crippen LogP contribution in [-0.4, -0.2) is 48.9 Å². The van der Waals surface area contributed by atoms with Gasteiger partial charge in [-0.1, -0.05) is 13.0 Å². The van der Waals surface area contributed by atoms with Crippen LogP contribution in [0.1, 0.15) is 46.6 Å². The lowest BCUT2D eigenvalue weighted by Gasteiger charge is -2.17. The molecule has 1 rings (SSSR count). The average molecular weight is 439 g/mol. The number of rotatable bonds is 10. The molecule has 0 spiro atoms. The van der Waals surface area contributed by atoms with Crippen LogP contribution < -0.4 is 15.2 Å². The maximum absolute atomic E-state index is 12.2. The molecule has 0 amide bonds. The van der Waals surface area contributed by atoms with Crippen LogP contribution in [0, 0.1) is 0 Å². The smallest absolute Gasteiger partial charge is 0.461 e. The fraction of sp³-hybridized carbons (Fsp3) is 0.524. The summed E-state index contributed by atoms with van der Waals surface area (Å²) in [6, 6.07) is 3.44. The van der Waals surface area contributed by atoms with E-state index in [1.165, 1.54) is 26.0 Å². The van der Waals surface area contributed by atoms with Crippen molar-refractivity contribution in [3.8, 4) is 11.5 Å². The van der Waals surface area contributed by atoms with Gasteiger partial charge < -0.3 is 29.4 Å². The molecule has 10 nitrogen and oxygen atoms in total. The third kappa shape index (κ3) is 9.94. The Morgan fingerprint density at radius 3 is 2.10 bits per heavy atom. The van der Waals surface area contributed by atoms with Gasteiger partial charge in [-0.2, -0.15) is 0 Å². The van der Waals surface area contributed by atoms with Crippen molar-refractivity contribution < 1.29 is 42.9 Å². The van der Waals surface area contributed by atoms with Crippen LogP contribution in [0.15, 0.2) is 18.2 Å². The molecule has 0 aliphatic heterocycles. The number of nitrogens with two attached hydrogens (primary N) is 1. The van der Waals surface area contributed by atoms with Crippen LogP contribution in [-0.2, 0) is 35.0 Å². The standard InChI is InChI=1S/C21H29NO9/c1-6-12(2)28-21(26)29-13(3)11-27-20(25)17(22)9-16-7-8-18(30-14(4)23)19(10-16)31-15(5)24/h7-8,10,12-13,17H,6,9,11,22H2,1-5H3/t12?,13-,17-/m0/s1. The molecule has 0 aromatic heterocycles. The molecule has 0 saturated carbocycles. The Labute approximate surface area is 180 Å². The Morgan fingerprint density at radius 1 is 0.935 bits per heavy atom. The molecule has 3 atom stereocenters. The van der Waals surface area contributed by atoms with E-state index in [9.17, 15) is 19.2 Å². The second-order valence-corrected chi connectivity index (χ2v) is 6.92. The van der Waals surface area contributed by atoms with E-state index < -0.39 is 36.2 Å². The Bertz CT molecular complexity index is 793. The van der Waals surface area contributed by atoms with Crippen LogP contribution in [0.5, 0.6) is 11.5 Å². The lowest BCUT2D eigenvalue weighted by atomic mass is 10.1. The van der Waals surface area contributed by atoms with Gasteiger partial charge >= 0.3 is 24.1 Å². The van der Waals surface area contributed by atoms with Gasteiger partial charge in [-0.25, -0.2) is 4.79 Å². The Kier molecular flexibility index (Phi) is 10.5. The second-order valence-electron chi connectivity index (χ2n) is 6.92. The van der Waals surface area contributed by atoms with Gasteiger partial charge in [0.1, 0.15) is 24.9 Å². The van der Waals surface area contributed by atoms with E-state index in [2.05, 4.69) is 0 Å². The Balaban J connectivity index is 2.64. The summed E-state index contributed by atoms with van der Waals surface area (Å²) in [4.78, 5) is 46.2. The summed E-state index contributed by atoms with van der Waals surface area (Å²) < 4.78 is 25.1. The molecule has 2 N–H and O–H groups in total. The van der Waals surface area contributed by atoms with Gasteiger partial charge in [0.05, 0.1) is 0 Å². The fourth-order valence-corrected chi connectivity index (χ4v) is 2.27. The maximum atomic E-state index is 12.2. The second kappa shape index (κ2) is 12.5. The zero-order chi connectivity index (χ0) is 23.6. The van der Waals surface area contributed by atoms with Gasteiger partial charge in [0.2, 0.25) is 0 Å². The van der Waals surface area contributed by atoms with Crippen LogP contribution in [0.2, 0.25) is 0 Å². The minimum absolute atomic E-state index is 0.0302. The number of ether oxygens (including phenoxy) is 5. The van der Waals surface area contributed by atoms with Crippen molar-refractivity contribution in [3.05, 3.63) is 23.8 Å². The number of carbonyl (C=O) groups is 4. The van der Waals surface area contributed by atoms with E-state index in [0.29, 0.717) is 12.0 Å². The predicted octanol–water partition coefficient (Wildman–Crippen LogP) is 2.29. The minimum Gasteiger partial charge on any atom is -0.461 e. The molecular weight excluding hydrogens is 410 g/mol. The summed E-state index contributed by atoms with van der Waals surface area (Å²) in [6.07, 6.45) is -1.12. The SMILES string of the molecule is CCC(C)OC(=O)O[C@@H](C)COC(=O)[C@@H](N)Cc1ccc(OC(C)=O)c(OC(C)=O)c1. The average Bonchev–Trinajstić information content (AvgIpc) is 2.66. The van der Waals surface area contributed by atoms with Crippen molar-refractivity contribution in [2.45, 2.75) is 65.7 Å². The predicted molar refractivity (Wildman–Crippen MR) is 108 cm³/mol. The number of esters is 3. The molecule has 172 valence electrons. The molecule has 1 unspecified atom stereocenters. The fourth-order valence-electron chi connectivity index (χ4n) is 2.27. The van der Waals surface area contributed by atoms with E-state index in [1.807, 2.05) is 6.92 Å². The third-order valence-electron chi connectivity index (χ3n) is 3.90. The lowest BCUT2D eigenvalue weighted by Crippen LogP contribution is -2.36. The van der Waals surface area contributed by atoms with Gasteiger partial charge in [0.25, 0.3) is 0 Å². The first kappa shape index (κ1) is 25.9. The summed E-state index contributed by atoms with van der Waals surface area (Å²) in [7, 11) is 0. The molecule has 0 bridgehead atoms. The number of hydrogen-bond donors (Lipinski definition) is 1. The largest absolute Gasteiger partial charge is 0.508 e. The van der Waals surface area contributed by atoms with Crippen molar-refractivity contribution in [2.75, 3.05) is 6.61 Å². The monoisotopic (exact) mass is 439 g/mol. The van der Waals surface area contributed by atoms with Crippen molar-refractivity contribution in [1.82, 2.24) is 0 Å². The maximum Gasteiger partial charge on any atom is 0.508 e. The zero-order valence-electron chi connectivity index (χ0n) is 18.3. The molecule has 0 radical (unpaired) electrons. The molecule has 0 heterocycles. The summed E-state index contributed by atoms with van der Waals surface area (Å²) in [5.74, 6) is -1.79. The normalized spacial score (nSPS) is 13.4. The van der Waals surface area contributed by atoms with E-state index in [4.69, 9.17) is 29.4 Å². The first-order valence-electron chi connectivity index (χ1n) is 9.81. The molecular formula is C21H29NO9. The van der Waals surface area contributed by atoms with Gasteiger partial charge in [0, 0.05) is 13.8 Å². The summed E-state index contributed by atoms with van der Waals surface area (Å²) >= 11 is 0. The topological polar surface area (TPSA) is 140 Å². The third-order valence-corrected chi connectivity index (χ3v) is 3.90. The Morgan fingerprint density at radius 2 is 1.52 bits per heavy atom. The first-order valence-corrected chi connectivity index (χ1v) is 9.81. The van der Waals surface area contributed by atoms with Crippen molar-refractivity contribution >= 4 is 24.1 Å². The lowest BCUT2D eigenvalue weighted by molar-refractivity contribution is -0.148. The van der Waals surface area contributed by atoms with Crippen molar-refractivity contribution in [3.63, 3.8) is 0 Å². The highest BCUT2D eigenvalue weighted by atomic mass is 16.7. The quantitative estimate of drug-likeness (QED) is 0.426. The molecule has 1 aromatic carbocycles. The van der Waals surface area contributed by atoms with Gasteiger partial charge in [-0.15, -0.1) is 0 Å². The first-order chi connectivity index (χ1) is 14.5. The number of hydrogen-bond acceptors (Lipinski definition) is 10. The highest BCUT2D eigenvalue weighted by Gasteiger charge is 2.20. The number of benzene rings is 1. The van der Waals surface area contributed by atoms with Crippen LogP contribution in [0.3, 0.4) is 0 Å². The van der Waals surface area contributed by atoms with Gasteiger partial charge in [-0.05, 0) is 44.4 Å².